The van der Waals surface area contributed by atoms with Gasteiger partial charge in [0.15, 0.2) is 5.76 Å². The molecule has 0 radical (unpaired) electrons. The number of nitrogens with one attached hydrogen (secondary N) is 2. The molecule has 0 atom stereocenters. The Balaban J connectivity index is 2.21. The average molecular weight is 233 g/mol. The fourth-order valence-electron chi connectivity index (χ4n) is 1.38. The summed E-state index contributed by atoms with van der Waals surface area (Å²) in [5.41, 5.74) is -0.316. The van der Waals surface area contributed by atoms with Crippen LogP contribution in [0.2, 0.25) is 0 Å². The van der Waals surface area contributed by atoms with Gasteiger partial charge in [0, 0.05) is 6.07 Å². The first-order valence-corrected chi connectivity index (χ1v) is 5.00. The van der Waals surface area contributed by atoms with Crippen molar-refractivity contribution in [1.29, 1.82) is 0 Å². The zero-order valence-corrected chi connectivity index (χ0v) is 9.40. The summed E-state index contributed by atoms with van der Waals surface area (Å²) in [5.74, 6) is 1.02. The van der Waals surface area contributed by atoms with Crippen molar-refractivity contribution in [3.05, 3.63) is 45.9 Å². The summed E-state index contributed by atoms with van der Waals surface area (Å²) in [7, 11) is 0. The maximum absolute atomic E-state index is 11.7. The van der Waals surface area contributed by atoms with E-state index >= 15 is 0 Å². The molecule has 0 saturated carbocycles. The molecule has 2 N–H and O–H groups in total. The second kappa shape index (κ2) is 4.25. The van der Waals surface area contributed by atoms with Crippen LogP contribution >= 0.6 is 0 Å². The predicted octanol–water partition coefficient (Wildman–Crippen LogP) is 1.23. The van der Waals surface area contributed by atoms with E-state index in [1.807, 2.05) is 0 Å². The number of carbonyl (C=O) groups is 1. The van der Waals surface area contributed by atoms with E-state index in [9.17, 15) is 9.59 Å². The van der Waals surface area contributed by atoms with Gasteiger partial charge in [-0.05, 0) is 26.0 Å². The third kappa shape index (κ3) is 2.60. The Hall–Kier alpha value is -2.37. The van der Waals surface area contributed by atoms with Gasteiger partial charge in [0.25, 0.3) is 11.5 Å². The van der Waals surface area contributed by atoms with E-state index < -0.39 is 5.91 Å². The minimum atomic E-state index is -0.435. The SMILES string of the molecule is Cc1nc(NC(=O)c2ccc(C)o2)cc(=O)[nH]1. The Morgan fingerprint density at radius 3 is 2.76 bits per heavy atom. The number of aromatic amines is 1. The van der Waals surface area contributed by atoms with Gasteiger partial charge >= 0.3 is 0 Å². The molecule has 1 amide bonds. The third-order valence-electron chi connectivity index (χ3n) is 2.07. The number of furan rings is 1. The molecule has 88 valence electrons. The molecule has 0 unspecified atom stereocenters. The van der Waals surface area contributed by atoms with Crippen molar-refractivity contribution in [3.63, 3.8) is 0 Å². The lowest BCUT2D eigenvalue weighted by Crippen LogP contribution is -2.16. The highest BCUT2D eigenvalue weighted by molar-refractivity contribution is 6.01. The standard InChI is InChI=1S/C11H11N3O3/c1-6-3-4-8(17-6)11(16)14-9-5-10(15)13-7(2)12-9/h3-5H,1-2H3,(H2,12,13,14,15,16). The van der Waals surface area contributed by atoms with E-state index in [1.54, 1.807) is 26.0 Å². The second-order valence-electron chi connectivity index (χ2n) is 3.58. The summed E-state index contributed by atoms with van der Waals surface area (Å²) < 4.78 is 5.15. The molecule has 17 heavy (non-hydrogen) atoms. The smallest absolute Gasteiger partial charge is 0.292 e. The van der Waals surface area contributed by atoms with Crippen molar-refractivity contribution in [3.8, 4) is 0 Å². The molecule has 6 heteroatoms. The number of H-pyrrole nitrogens is 1. The molecule has 2 aromatic rings. The summed E-state index contributed by atoms with van der Waals surface area (Å²) in [6, 6.07) is 4.46. The van der Waals surface area contributed by atoms with Crippen LogP contribution in [0.25, 0.3) is 0 Å². The van der Waals surface area contributed by atoms with Gasteiger partial charge in [-0.2, -0.15) is 0 Å². The number of amides is 1. The molecule has 0 spiro atoms. The van der Waals surface area contributed by atoms with Crippen molar-refractivity contribution in [2.45, 2.75) is 13.8 Å². The number of carbonyl (C=O) groups excluding carboxylic acids is 1. The maximum Gasteiger partial charge on any atom is 0.292 e. The van der Waals surface area contributed by atoms with Crippen LogP contribution in [0.15, 0.2) is 27.4 Å². The normalized spacial score (nSPS) is 10.2. The first-order valence-electron chi connectivity index (χ1n) is 5.00. The third-order valence-corrected chi connectivity index (χ3v) is 2.07. The van der Waals surface area contributed by atoms with Gasteiger partial charge in [-0.15, -0.1) is 0 Å². The van der Waals surface area contributed by atoms with Crippen LogP contribution < -0.4 is 10.9 Å². The second-order valence-corrected chi connectivity index (χ2v) is 3.58. The number of aryl methyl sites for hydroxylation is 2. The van der Waals surface area contributed by atoms with Crippen LogP contribution in [0.4, 0.5) is 5.82 Å². The predicted molar refractivity (Wildman–Crippen MR) is 61.0 cm³/mol. The van der Waals surface area contributed by atoms with Gasteiger partial charge in [0.05, 0.1) is 0 Å². The van der Waals surface area contributed by atoms with E-state index in [2.05, 4.69) is 15.3 Å². The Labute approximate surface area is 96.7 Å². The van der Waals surface area contributed by atoms with Gasteiger partial charge in [-0.25, -0.2) is 4.98 Å². The van der Waals surface area contributed by atoms with Gasteiger partial charge in [0.1, 0.15) is 17.4 Å². The van der Waals surface area contributed by atoms with Gasteiger partial charge in [0.2, 0.25) is 0 Å². The van der Waals surface area contributed by atoms with Crippen LogP contribution in [-0.2, 0) is 0 Å². The van der Waals surface area contributed by atoms with Crippen LogP contribution in [-0.4, -0.2) is 15.9 Å². The highest BCUT2D eigenvalue weighted by Crippen LogP contribution is 2.08. The zero-order chi connectivity index (χ0) is 12.4. The molecule has 0 aromatic carbocycles. The summed E-state index contributed by atoms with van der Waals surface area (Å²) in [6.07, 6.45) is 0. The number of hydrogen-bond acceptors (Lipinski definition) is 4. The zero-order valence-electron chi connectivity index (χ0n) is 9.40. The molecule has 0 saturated heterocycles. The Bertz CT molecular complexity index is 612. The highest BCUT2D eigenvalue weighted by Gasteiger charge is 2.11. The minimum absolute atomic E-state index is 0.183. The van der Waals surface area contributed by atoms with Crippen molar-refractivity contribution in [2.24, 2.45) is 0 Å². The van der Waals surface area contributed by atoms with E-state index in [4.69, 9.17) is 4.42 Å². The molecule has 6 nitrogen and oxygen atoms in total. The fraction of sp³-hybridized carbons (Fsp3) is 0.182. The average Bonchev–Trinajstić information content (AvgIpc) is 2.63. The molecule has 0 fully saturated rings. The lowest BCUT2D eigenvalue weighted by Gasteiger charge is -2.02. The Morgan fingerprint density at radius 1 is 1.41 bits per heavy atom. The highest BCUT2D eigenvalue weighted by atomic mass is 16.3. The number of rotatable bonds is 2. The van der Waals surface area contributed by atoms with Gasteiger partial charge in [-0.3, -0.25) is 9.59 Å². The molecule has 0 aliphatic rings. The van der Waals surface area contributed by atoms with Gasteiger partial charge < -0.3 is 14.7 Å². The Morgan fingerprint density at radius 2 is 2.18 bits per heavy atom. The van der Waals surface area contributed by atoms with Crippen LogP contribution in [0.3, 0.4) is 0 Å². The van der Waals surface area contributed by atoms with E-state index in [-0.39, 0.29) is 17.1 Å². The molecule has 2 rings (SSSR count). The molecule has 0 bridgehead atoms. The molecular weight excluding hydrogens is 222 g/mol. The fourth-order valence-corrected chi connectivity index (χ4v) is 1.38. The molecule has 0 aliphatic heterocycles. The Kier molecular flexibility index (Phi) is 2.78. The maximum atomic E-state index is 11.7. The number of anilines is 1. The summed E-state index contributed by atoms with van der Waals surface area (Å²) >= 11 is 0. The molecule has 2 aromatic heterocycles. The number of aromatic nitrogens is 2. The van der Waals surface area contributed by atoms with Gasteiger partial charge in [-0.1, -0.05) is 0 Å². The largest absolute Gasteiger partial charge is 0.456 e. The van der Waals surface area contributed by atoms with Crippen molar-refractivity contribution in [2.75, 3.05) is 5.32 Å². The minimum Gasteiger partial charge on any atom is -0.456 e. The molecule has 0 aliphatic carbocycles. The number of nitrogens with zero attached hydrogens (tertiary/aromatic N) is 1. The lowest BCUT2D eigenvalue weighted by molar-refractivity contribution is 0.0995. The number of hydrogen-bond donors (Lipinski definition) is 2. The summed E-state index contributed by atoms with van der Waals surface area (Å²) in [4.78, 5) is 29.3. The van der Waals surface area contributed by atoms with E-state index in [1.165, 1.54) is 6.07 Å². The van der Waals surface area contributed by atoms with Crippen molar-refractivity contribution >= 4 is 11.7 Å². The van der Waals surface area contributed by atoms with Crippen molar-refractivity contribution < 1.29 is 9.21 Å². The van der Waals surface area contributed by atoms with Crippen LogP contribution in [0, 0.1) is 13.8 Å². The quantitative estimate of drug-likeness (QED) is 0.816. The monoisotopic (exact) mass is 233 g/mol. The van der Waals surface area contributed by atoms with Crippen LogP contribution in [0.5, 0.6) is 0 Å². The molecule has 2 heterocycles. The first-order chi connectivity index (χ1) is 8.04. The van der Waals surface area contributed by atoms with Crippen LogP contribution in [0.1, 0.15) is 22.1 Å². The summed E-state index contributed by atoms with van der Waals surface area (Å²) in [6.45, 7) is 3.38. The lowest BCUT2D eigenvalue weighted by atomic mass is 10.4. The van der Waals surface area contributed by atoms with E-state index in [0.717, 1.165) is 0 Å². The first kappa shape index (κ1) is 11.1. The van der Waals surface area contributed by atoms with E-state index in [0.29, 0.717) is 11.6 Å². The summed E-state index contributed by atoms with van der Waals surface area (Å²) in [5, 5.41) is 2.49. The van der Waals surface area contributed by atoms with Crippen molar-refractivity contribution in [1.82, 2.24) is 9.97 Å². The topological polar surface area (TPSA) is 88.0 Å². The molecular formula is C11H11N3O3.